The maximum atomic E-state index is 12.4. The molecule has 0 aromatic heterocycles. The average Bonchev–Trinajstić information content (AvgIpc) is 2.79. The Labute approximate surface area is 178 Å². The molecular formula is C23H30N4O3. The van der Waals surface area contributed by atoms with Gasteiger partial charge in [0.25, 0.3) is 0 Å². The Balaban J connectivity index is 1.43. The molecule has 1 heterocycles. The van der Waals surface area contributed by atoms with Gasteiger partial charge in [-0.05, 0) is 36.4 Å². The fourth-order valence-electron chi connectivity index (χ4n) is 3.32. The van der Waals surface area contributed by atoms with E-state index in [4.69, 9.17) is 4.74 Å². The topological polar surface area (TPSA) is 73.9 Å². The standard InChI is InChI=1S/C23H30N4O3/c1-2-26(17-22(28)24-16-19-6-4-3-5-7-19)18-23(29)25-20-8-10-21(11-9-20)27-12-14-30-15-13-27/h3-11H,2,12-18H2,1H3,(H,24,28)(H,25,29). The Morgan fingerprint density at radius 3 is 2.30 bits per heavy atom. The van der Waals surface area contributed by atoms with Gasteiger partial charge in [0.1, 0.15) is 0 Å². The lowest BCUT2D eigenvalue weighted by molar-refractivity contribution is -0.123. The van der Waals surface area contributed by atoms with Crippen molar-refractivity contribution in [3.63, 3.8) is 0 Å². The number of likely N-dealkylation sites (N-methyl/N-ethyl adjacent to an activating group) is 1. The first kappa shape index (κ1) is 21.8. The van der Waals surface area contributed by atoms with Gasteiger partial charge in [-0.1, -0.05) is 37.3 Å². The summed E-state index contributed by atoms with van der Waals surface area (Å²) in [7, 11) is 0. The number of anilines is 2. The molecule has 2 N–H and O–H groups in total. The van der Waals surface area contributed by atoms with Crippen LogP contribution in [-0.4, -0.2) is 62.7 Å². The third kappa shape index (κ3) is 6.86. The quantitative estimate of drug-likeness (QED) is 0.662. The second-order valence-electron chi connectivity index (χ2n) is 7.26. The molecule has 1 fully saturated rings. The Kier molecular flexibility index (Phi) is 8.23. The van der Waals surface area contributed by atoms with Crippen LogP contribution >= 0.6 is 0 Å². The highest BCUT2D eigenvalue weighted by Crippen LogP contribution is 2.19. The number of carbonyl (C=O) groups is 2. The number of ether oxygens (including phenoxy) is 1. The van der Waals surface area contributed by atoms with E-state index in [9.17, 15) is 9.59 Å². The van der Waals surface area contributed by atoms with E-state index in [0.717, 1.165) is 43.2 Å². The molecule has 0 bridgehead atoms. The molecule has 0 saturated carbocycles. The lowest BCUT2D eigenvalue weighted by Crippen LogP contribution is -2.40. The van der Waals surface area contributed by atoms with Crippen molar-refractivity contribution in [2.45, 2.75) is 13.5 Å². The molecule has 0 atom stereocenters. The molecule has 7 nitrogen and oxygen atoms in total. The molecule has 3 rings (SSSR count). The van der Waals surface area contributed by atoms with Crippen LogP contribution in [-0.2, 0) is 20.9 Å². The third-order valence-electron chi connectivity index (χ3n) is 5.04. The Morgan fingerprint density at radius 1 is 0.967 bits per heavy atom. The minimum atomic E-state index is -0.133. The molecule has 7 heteroatoms. The van der Waals surface area contributed by atoms with Crippen LogP contribution in [0.1, 0.15) is 12.5 Å². The van der Waals surface area contributed by atoms with Crippen LogP contribution in [0.3, 0.4) is 0 Å². The van der Waals surface area contributed by atoms with Crippen LogP contribution < -0.4 is 15.5 Å². The highest BCUT2D eigenvalue weighted by Gasteiger charge is 2.14. The summed E-state index contributed by atoms with van der Waals surface area (Å²) in [6.45, 7) is 6.63. The molecule has 2 aromatic carbocycles. The summed E-state index contributed by atoms with van der Waals surface area (Å²) in [5.41, 5.74) is 2.93. The van der Waals surface area contributed by atoms with Crippen molar-refractivity contribution in [1.82, 2.24) is 10.2 Å². The van der Waals surface area contributed by atoms with Crippen LogP contribution in [0.25, 0.3) is 0 Å². The predicted molar refractivity (Wildman–Crippen MR) is 119 cm³/mol. The van der Waals surface area contributed by atoms with E-state index in [2.05, 4.69) is 15.5 Å². The van der Waals surface area contributed by atoms with Crippen molar-refractivity contribution in [2.75, 3.05) is 56.2 Å². The zero-order valence-corrected chi connectivity index (χ0v) is 17.5. The Hall–Kier alpha value is -2.90. The van der Waals surface area contributed by atoms with Crippen LogP contribution in [0.2, 0.25) is 0 Å². The fourth-order valence-corrected chi connectivity index (χ4v) is 3.32. The number of nitrogens with zero attached hydrogens (tertiary/aromatic N) is 2. The first-order valence-electron chi connectivity index (χ1n) is 10.4. The molecule has 2 aromatic rings. The minimum Gasteiger partial charge on any atom is -0.378 e. The van der Waals surface area contributed by atoms with Crippen LogP contribution in [0.15, 0.2) is 54.6 Å². The number of hydrogen-bond donors (Lipinski definition) is 2. The average molecular weight is 411 g/mol. The molecular weight excluding hydrogens is 380 g/mol. The molecule has 1 saturated heterocycles. The van der Waals surface area contributed by atoms with Crippen LogP contribution in [0.4, 0.5) is 11.4 Å². The van der Waals surface area contributed by atoms with Crippen molar-refractivity contribution in [3.8, 4) is 0 Å². The normalized spacial score (nSPS) is 13.9. The fraction of sp³-hybridized carbons (Fsp3) is 0.391. The van der Waals surface area contributed by atoms with E-state index in [1.807, 2.05) is 66.4 Å². The van der Waals surface area contributed by atoms with Crippen molar-refractivity contribution >= 4 is 23.2 Å². The first-order chi connectivity index (χ1) is 14.6. The molecule has 0 aliphatic carbocycles. The monoisotopic (exact) mass is 410 g/mol. The third-order valence-corrected chi connectivity index (χ3v) is 5.04. The number of nitrogens with one attached hydrogen (secondary N) is 2. The van der Waals surface area contributed by atoms with Gasteiger partial charge in [0.05, 0.1) is 26.3 Å². The SMILES string of the molecule is CCN(CC(=O)NCc1ccccc1)CC(=O)Nc1ccc(N2CCOCC2)cc1. The van der Waals surface area contributed by atoms with Crippen molar-refractivity contribution < 1.29 is 14.3 Å². The van der Waals surface area contributed by atoms with E-state index >= 15 is 0 Å². The second-order valence-corrected chi connectivity index (χ2v) is 7.26. The Morgan fingerprint density at radius 2 is 1.63 bits per heavy atom. The maximum Gasteiger partial charge on any atom is 0.238 e. The highest BCUT2D eigenvalue weighted by atomic mass is 16.5. The molecule has 30 heavy (non-hydrogen) atoms. The van der Waals surface area contributed by atoms with Gasteiger partial charge in [-0.3, -0.25) is 14.5 Å². The number of hydrogen-bond acceptors (Lipinski definition) is 5. The van der Waals surface area contributed by atoms with Crippen LogP contribution in [0, 0.1) is 0 Å². The highest BCUT2D eigenvalue weighted by molar-refractivity contribution is 5.92. The lowest BCUT2D eigenvalue weighted by Gasteiger charge is -2.29. The zero-order chi connectivity index (χ0) is 21.2. The summed E-state index contributed by atoms with van der Waals surface area (Å²) < 4.78 is 5.38. The molecule has 2 amide bonds. The van der Waals surface area contributed by atoms with Crippen molar-refractivity contribution in [3.05, 3.63) is 60.2 Å². The van der Waals surface area contributed by atoms with Gasteiger partial charge in [-0.25, -0.2) is 0 Å². The number of amides is 2. The lowest BCUT2D eigenvalue weighted by atomic mass is 10.2. The van der Waals surface area contributed by atoms with E-state index in [1.54, 1.807) is 0 Å². The van der Waals surface area contributed by atoms with E-state index in [-0.39, 0.29) is 24.9 Å². The molecule has 1 aliphatic heterocycles. The number of benzene rings is 2. The van der Waals surface area contributed by atoms with Gasteiger partial charge in [0.15, 0.2) is 0 Å². The van der Waals surface area contributed by atoms with E-state index in [1.165, 1.54) is 0 Å². The summed E-state index contributed by atoms with van der Waals surface area (Å²) in [5, 5.41) is 5.81. The Bertz CT molecular complexity index is 805. The number of morpholine rings is 1. The molecule has 160 valence electrons. The largest absolute Gasteiger partial charge is 0.378 e. The summed E-state index contributed by atoms with van der Waals surface area (Å²) in [6, 6.07) is 17.6. The first-order valence-corrected chi connectivity index (χ1v) is 10.4. The van der Waals surface area contributed by atoms with Gasteiger partial charge in [-0.15, -0.1) is 0 Å². The minimum absolute atomic E-state index is 0.0941. The second kappa shape index (κ2) is 11.3. The number of rotatable bonds is 9. The van der Waals surface area contributed by atoms with Gasteiger partial charge in [0, 0.05) is 31.0 Å². The van der Waals surface area contributed by atoms with Crippen molar-refractivity contribution in [2.24, 2.45) is 0 Å². The maximum absolute atomic E-state index is 12.4. The smallest absolute Gasteiger partial charge is 0.238 e. The summed E-state index contributed by atoms with van der Waals surface area (Å²) >= 11 is 0. The summed E-state index contributed by atoms with van der Waals surface area (Å²) in [4.78, 5) is 28.7. The summed E-state index contributed by atoms with van der Waals surface area (Å²) in [6.07, 6.45) is 0. The molecule has 1 aliphatic rings. The van der Waals surface area contributed by atoms with E-state index < -0.39 is 0 Å². The molecule has 0 unspecified atom stereocenters. The summed E-state index contributed by atoms with van der Waals surface area (Å²) in [5.74, 6) is -0.227. The predicted octanol–water partition coefficient (Wildman–Crippen LogP) is 2.10. The van der Waals surface area contributed by atoms with Gasteiger partial charge in [-0.2, -0.15) is 0 Å². The van der Waals surface area contributed by atoms with Gasteiger partial charge in [0.2, 0.25) is 11.8 Å². The van der Waals surface area contributed by atoms with Crippen molar-refractivity contribution in [1.29, 1.82) is 0 Å². The zero-order valence-electron chi connectivity index (χ0n) is 17.5. The van der Waals surface area contributed by atoms with E-state index in [0.29, 0.717) is 13.1 Å². The van der Waals surface area contributed by atoms with Gasteiger partial charge < -0.3 is 20.3 Å². The molecule has 0 radical (unpaired) electrons. The number of carbonyl (C=O) groups excluding carboxylic acids is 2. The van der Waals surface area contributed by atoms with Gasteiger partial charge >= 0.3 is 0 Å². The van der Waals surface area contributed by atoms with Crippen LogP contribution in [0.5, 0.6) is 0 Å². The molecule has 0 spiro atoms.